The molecular formula is C13H17F2N. The first kappa shape index (κ1) is 11.4. The third-order valence-corrected chi connectivity index (χ3v) is 3.53. The van der Waals surface area contributed by atoms with Gasteiger partial charge in [-0.3, -0.25) is 0 Å². The van der Waals surface area contributed by atoms with Gasteiger partial charge in [0.1, 0.15) is 11.6 Å². The smallest absolute Gasteiger partial charge is 0.131 e. The van der Waals surface area contributed by atoms with Gasteiger partial charge in [-0.05, 0) is 36.8 Å². The number of nitrogens with two attached hydrogens (primary N) is 1. The molecule has 0 amide bonds. The fourth-order valence-corrected chi connectivity index (χ4v) is 2.54. The minimum Gasteiger partial charge on any atom is -0.399 e. The normalized spacial score (nSPS) is 25.7. The predicted molar refractivity (Wildman–Crippen MR) is 61.1 cm³/mol. The van der Waals surface area contributed by atoms with Gasteiger partial charge in [0.2, 0.25) is 0 Å². The van der Waals surface area contributed by atoms with Gasteiger partial charge in [0.25, 0.3) is 0 Å². The summed E-state index contributed by atoms with van der Waals surface area (Å²) in [6.45, 7) is 2.19. The molecule has 1 fully saturated rings. The van der Waals surface area contributed by atoms with Gasteiger partial charge in [-0.2, -0.15) is 0 Å². The highest BCUT2D eigenvalue weighted by molar-refractivity contribution is 5.42. The van der Waals surface area contributed by atoms with Crippen LogP contribution in [0.15, 0.2) is 12.1 Å². The first-order valence-corrected chi connectivity index (χ1v) is 5.82. The van der Waals surface area contributed by atoms with E-state index in [-0.39, 0.29) is 17.2 Å². The van der Waals surface area contributed by atoms with E-state index in [1.165, 1.54) is 12.1 Å². The summed E-state index contributed by atoms with van der Waals surface area (Å²) in [6, 6.07) is 2.44. The zero-order chi connectivity index (χ0) is 11.7. The van der Waals surface area contributed by atoms with E-state index in [2.05, 4.69) is 6.92 Å². The van der Waals surface area contributed by atoms with E-state index in [4.69, 9.17) is 5.73 Å². The number of hydrogen-bond donors (Lipinski definition) is 1. The monoisotopic (exact) mass is 225 g/mol. The molecule has 0 bridgehead atoms. The third-order valence-electron chi connectivity index (χ3n) is 3.53. The van der Waals surface area contributed by atoms with Gasteiger partial charge in [0.05, 0.1) is 0 Å². The van der Waals surface area contributed by atoms with Crippen LogP contribution in [0.1, 0.15) is 44.1 Å². The Morgan fingerprint density at radius 1 is 1.06 bits per heavy atom. The quantitative estimate of drug-likeness (QED) is 0.722. The Labute approximate surface area is 94.7 Å². The van der Waals surface area contributed by atoms with Crippen molar-refractivity contribution in [1.82, 2.24) is 0 Å². The first-order valence-electron chi connectivity index (χ1n) is 5.82. The molecule has 88 valence electrons. The summed E-state index contributed by atoms with van der Waals surface area (Å²) in [6.07, 6.45) is 3.85. The summed E-state index contributed by atoms with van der Waals surface area (Å²) in [5.41, 5.74) is 5.79. The SMILES string of the molecule is CC1CCC(c2c(F)cc(N)cc2F)CC1. The van der Waals surface area contributed by atoms with E-state index in [0.717, 1.165) is 25.7 Å². The van der Waals surface area contributed by atoms with Crippen LogP contribution in [-0.4, -0.2) is 0 Å². The molecule has 0 radical (unpaired) electrons. The molecule has 1 aliphatic rings. The van der Waals surface area contributed by atoms with Crippen molar-refractivity contribution in [2.45, 2.75) is 38.5 Å². The van der Waals surface area contributed by atoms with Crippen LogP contribution < -0.4 is 5.73 Å². The maximum Gasteiger partial charge on any atom is 0.131 e. The Morgan fingerprint density at radius 2 is 1.56 bits per heavy atom. The summed E-state index contributed by atoms with van der Waals surface area (Å²) in [4.78, 5) is 0. The van der Waals surface area contributed by atoms with E-state index in [0.29, 0.717) is 5.92 Å². The van der Waals surface area contributed by atoms with Crippen molar-refractivity contribution >= 4 is 5.69 Å². The third kappa shape index (κ3) is 2.18. The molecule has 1 saturated carbocycles. The topological polar surface area (TPSA) is 26.0 Å². The lowest BCUT2D eigenvalue weighted by Crippen LogP contribution is -2.14. The van der Waals surface area contributed by atoms with Crippen molar-refractivity contribution in [1.29, 1.82) is 0 Å². The minimum atomic E-state index is -0.489. The van der Waals surface area contributed by atoms with E-state index in [1.54, 1.807) is 0 Å². The molecule has 1 aromatic rings. The first-order chi connectivity index (χ1) is 7.58. The van der Waals surface area contributed by atoms with Crippen LogP contribution in [0.3, 0.4) is 0 Å². The summed E-state index contributed by atoms with van der Waals surface area (Å²) in [5.74, 6) is -0.276. The number of halogens is 2. The van der Waals surface area contributed by atoms with E-state index in [9.17, 15) is 8.78 Å². The maximum absolute atomic E-state index is 13.7. The summed E-state index contributed by atoms with van der Waals surface area (Å²) >= 11 is 0. The number of nitrogen functional groups attached to an aromatic ring is 1. The molecule has 2 rings (SSSR count). The average Bonchev–Trinajstić information content (AvgIpc) is 2.19. The Hall–Kier alpha value is -1.12. The number of benzene rings is 1. The Kier molecular flexibility index (Phi) is 3.13. The second-order valence-electron chi connectivity index (χ2n) is 4.86. The van der Waals surface area contributed by atoms with Crippen LogP contribution in [0.2, 0.25) is 0 Å². The van der Waals surface area contributed by atoms with Crippen molar-refractivity contribution in [3.05, 3.63) is 29.3 Å². The van der Waals surface area contributed by atoms with E-state index in [1.807, 2.05) is 0 Å². The molecule has 0 aliphatic heterocycles. The summed E-state index contributed by atoms with van der Waals surface area (Å²) in [5, 5.41) is 0. The fourth-order valence-electron chi connectivity index (χ4n) is 2.54. The van der Waals surface area contributed by atoms with Crippen molar-refractivity contribution in [3.8, 4) is 0 Å². The molecule has 0 saturated heterocycles. The van der Waals surface area contributed by atoms with Crippen LogP contribution in [-0.2, 0) is 0 Å². The molecule has 16 heavy (non-hydrogen) atoms. The van der Waals surface area contributed by atoms with E-state index < -0.39 is 11.6 Å². The molecule has 0 aromatic heterocycles. The summed E-state index contributed by atoms with van der Waals surface area (Å²) < 4.78 is 27.3. The molecule has 1 nitrogen and oxygen atoms in total. The van der Waals surface area contributed by atoms with Crippen molar-refractivity contribution in [2.24, 2.45) is 5.92 Å². The molecule has 0 atom stereocenters. The van der Waals surface area contributed by atoms with Crippen LogP contribution in [0.25, 0.3) is 0 Å². The Bertz CT molecular complexity index is 359. The van der Waals surface area contributed by atoms with Crippen molar-refractivity contribution in [2.75, 3.05) is 5.73 Å². The Morgan fingerprint density at radius 3 is 2.06 bits per heavy atom. The largest absolute Gasteiger partial charge is 0.399 e. The highest BCUT2D eigenvalue weighted by Gasteiger charge is 2.25. The molecule has 2 N–H and O–H groups in total. The van der Waals surface area contributed by atoms with Gasteiger partial charge < -0.3 is 5.73 Å². The number of rotatable bonds is 1. The van der Waals surface area contributed by atoms with Gasteiger partial charge in [-0.15, -0.1) is 0 Å². The maximum atomic E-state index is 13.7. The molecule has 0 heterocycles. The Balaban J connectivity index is 2.26. The van der Waals surface area contributed by atoms with Gasteiger partial charge in [0, 0.05) is 11.3 Å². The second kappa shape index (κ2) is 4.40. The standard InChI is InChI=1S/C13H17F2N/c1-8-2-4-9(5-3-8)13-11(14)6-10(16)7-12(13)15/h6-9H,2-5,16H2,1H3. The molecule has 0 unspecified atom stereocenters. The molecule has 1 aromatic carbocycles. The molecular weight excluding hydrogens is 208 g/mol. The number of anilines is 1. The zero-order valence-corrected chi connectivity index (χ0v) is 9.47. The van der Waals surface area contributed by atoms with Crippen LogP contribution in [0.4, 0.5) is 14.5 Å². The predicted octanol–water partition coefficient (Wildman–Crippen LogP) is 3.84. The van der Waals surface area contributed by atoms with Gasteiger partial charge in [-0.25, -0.2) is 8.78 Å². The van der Waals surface area contributed by atoms with Gasteiger partial charge in [0.15, 0.2) is 0 Å². The average molecular weight is 225 g/mol. The van der Waals surface area contributed by atoms with E-state index >= 15 is 0 Å². The van der Waals surface area contributed by atoms with Gasteiger partial charge in [-0.1, -0.05) is 19.8 Å². The molecule has 3 heteroatoms. The minimum absolute atomic E-state index is 0.0248. The van der Waals surface area contributed by atoms with Crippen LogP contribution >= 0.6 is 0 Å². The second-order valence-corrected chi connectivity index (χ2v) is 4.86. The highest BCUT2D eigenvalue weighted by atomic mass is 19.1. The van der Waals surface area contributed by atoms with Crippen molar-refractivity contribution in [3.63, 3.8) is 0 Å². The highest BCUT2D eigenvalue weighted by Crippen LogP contribution is 2.38. The molecule has 1 aliphatic carbocycles. The van der Waals surface area contributed by atoms with Crippen LogP contribution in [0.5, 0.6) is 0 Å². The molecule has 0 spiro atoms. The van der Waals surface area contributed by atoms with Crippen molar-refractivity contribution < 1.29 is 8.78 Å². The fraction of sp³-hybridized carbons (Fsp3) is 0.538. The lowest BCUT2D eigenvalue weighted by Gasteiger charge is -2.27. The van der Waals surface area contributed by atoms with Crippen LogP contribution in [0, 0.1) is 17.6 Å². The lowest BCUT2D eigenvalue weighted by molar-refractivity contribution is 0.335. The zero-order valence-electron chi connectivity index (χ0n) is 9.47. The van der Waals surface area contributed by atoms with Gasteiger partial charge >= 0.3 is 0 Å². The lowest BCUT2D eigenvalue weighted by atomic mass is 9.79. The summed E-state index contributed by atoms with van der Waals surface area (Å²) in [7, 11) is 0. The number of hydrogen-bond acceptors (Lipinski definition) is 1.